The van der Waals surface area contributed by atoms with Gasteiger partial charge in [-0.1, -0.05) is 19.4 Å². The van der Waals surface area contributed by atoms with E-state index in [2.05, 4.69) is 5.32 Å². The van der Waals surface area contributed by atoms with Crippen LogP contribution in [0, 0.1) is 5.41 Å². The topological polar surface area (TPSA) is 85.7 Å². The lowest BCUT2D eigenvalue weighted by Gasteiger charge is -2.41. The summed E-state index contributed by atoms with van der Waals surface area (Å²) >= 11 is 0. The van der Waals surface area contributed by atoms with Gasteiger partial charge < -0.3 is 19.9 Å². The Morgan fingerprint density at radius 3 is 2.31 bits per heavy atom. The second kappa shape index (κ2) is 8.11. The Morgan fingerprint density at radius 2 is 1.77 bits per heavy atom. The highest BCUT2D eigenvalue weighted by Gasteiger charge is 2.65. The van der Waals surface area contributed by atoms with Crippen LogP contribution >= 0.6 is 10.2 Å². The van der Waals surface area contributed by atoms with E-state index >= 15 is 0 Å². The first-order chi connectivity index (χ1) is 15.9. The summed E-state index contributed by atoms with van der Waals surface area (Å²) in [4.78, 5) is 25.5. The van der Waals surface area contributed by atoms with Gasteiger partial charge in [0.1, 0.15) is 16.5 Å². The number of nitrogens with zero attached hydrogens (tertiary/aromatic N) is 2. The number of carbonyl (C=O) groups excluding carboxylic acids is 2. The van der Waals surface area contributed by atoms with Crippen LogP contribution in [-0.4, -0.2) is 56.7 Å². The molecule has 192 valence electrons. The SMILES string of the molecule is CCOc1cc2c(cc1C(=O)NC)C(=N)N(CC(=O)c1cc(N(C)C)cc(S(F)(F)(F)(F)F)c1)C2. The number of amides is 1. The molecule has 0 atom stereocenters. The predicted octanol–water partition coefficient (Wildman–Crippen LogP) is 5.19. The zero-order valence-corrected chi connectivity index (χ0v) is 20.2. The quantitative estimate of drug-likeness (QED) is 0.370. The molecule has 13 heteroatoms. The Hall–Kier alpha value is -3.35. The normalized spacial score (nSPS) is 15.2. The number of hydrogen-bond acceptors (Lipinski definition) is 5. The van der Waals surface area contributed by atoms with Crippen molar-refractivity contribution in [3.63, 3.8) is 0 Å². The molecule has 2 aromatic rings. The molecule has 0 fully saturated rings. The third kappa shape index (κ3) is 5.50. The third-order valence-corrected chi connectivity index (χ3v) is 6.55. The van der Waals surface area contributed by atoms with E-state index in [4.69, 9.17) is 10.1 Å². The van der Waals surface area contributed by atoms with Crippen LogP contribution in [0.2, 0.25) is 0 Å². The summed E-state index contributed by atoms with van der Waals surface area (Å²) in [5, 5.41) is 10.9. The van der Waals surface area contributed by atoms with Crippen LogP contribution in [0.25, 0.3) is 0 Å². The molecule has 0 bridgehead atoms. The summed E-state index contributed by atoms with van der Waals surface area (Å²) in [6.45, 7) is 1.54. The smallest absolute Gasteiger partial charge is 0.310 e. The van der Waals surface area contributed by atoms with Crippen LogP contribution in [-0.2, 0) is 6.54 Å². The first kappa shape index (κ1) is 26.3. The van der Waals surface area contributed by atoms with Gasteiger partial charge in [0, 0.05) is 44.5 Å². The van der Waals surface area contributed by atoms with Gasteiger partial charge in [-0.15, -0.1) is 0 Å². The average Bonchev–Trinajstić information content (AvgIpc) is 3.05. The van der Waals surface area contributed by atoms with Gasteiger partial charge in [0.2, 0.25) is 0 Å². The number of nitrogens with one attached hydrogen (secondary N) is 2. The number of hydrogen-bond donors (Lipinski definition) is 2. The average molecular weight is 521 g/mol. The number of fused-ring (bicyclic) bond motifs is 1. The van der Waals surface area contributed by atoms with Crippen molar-refractivity contribution in [2.75, 3.05) is 39.2 Å². The van der Waals surface area contributed by atoms with Crippen LogP contribution in [0.3, 0.4) is 0 Å². The molecule has 7 nitrogen and oxygen atoms in total. The van der Waals surface area contributed by atoms with E-state index in [1.807, 2.05) is 0 Å². The lowest BCUT2D eigenvalue weighted by atomic mass is 10.0. The van der Waals surface area contributed by atoms with Gasteiger partial charge in [0.05, 0.1) is 18.7 Å². The van der Waals surface area contributed by atoms with Gasteiger partial charge in [-0.2, -0.15) is 0 Å². The third-order valence-electron chi connectivity index (χ3n) is 5.42. The Bertz CT molecular complexity index is 1230. The van der Waals surface area contributed by atoms with Crippen LogP contribution in [0.15, 0.2) is 35.2 Å². The molecule has 0 spiro atoms. The standard InChI is InChI=1S/C22H25F5N4O3S/c1-5-34-20-8-14-11-31(21(28)17(14)10-18(20)22(33)29-2)12-19(32)13-6-15(30(3)4)9-16(7-13)35(23,24,25,26)27/h6-10,28H,5,11-12H2,1-4H3,(H,29,33). The minimum atomic E-state index is -10.0. The molecule has 1 aliphatic rings. The highest BCUT2D eigenvalue weighted by atomic mass is 32.5. The van der Waals surface area contributed by atoms with E-state index in [0.29, 0.717) is 17.2 Å². The molecule has 0 aromatic heterocycles. The number of benzene rings is 2. The summed E-state index contributed by atoms with van der Waals surface area (Å²) in [6.07, 6.45) is 0. The van der Waals surface area contributed by atoms with Gasteiger partial charge in [0.25, 0.3) is 5.91 Å². The molecule has 2 aromatic carbocycles. The number of anilines is 1. The maximum absolute atomic E-state index is 13.5. The van der Waals surface area contributed by atoms with E-state index < -0.39 is 38.9 Å². The zero-order valence-electron chi connectivity index (χ0n) is 19.4. The van der Waals surface area contributed by atoms with Crippen LogP contribution in [0.5, 0.6) is 5.75 Å². The Morgan fingerprint density at radius 1 is 1.11 bits per heavy atom. The summed E-state index contributed by atoms with van der Waals surface area (Å²) < 4.78 is 73.0. The first-order valence-electron chi connectivity index (χ1n) is 10.4. The van der Waals surface area contributed by atoms with Crippen LogP contribution < -0.4 is 15.0 Å². The molecule has 0 saturated carbocycles. The molecule has 1 heterocycles. The van der Waals surface area contributed by atoms with Crippen LogP contribution in [0.4, 0.5) is 25.1 Å². The molecule has 2 N–H and O–H groups in total. The highest BCUT2D eigenvalue weighted by Crippen LogP contribution is 3.02. The van der Waals surface area contributed by atoms with Crippen molar-refractivity contribution in [3.8, 4) is 5.75 Å². The van der Waals surface area contributed by atoms with Gasteiger partial charge >= 0.3 is 10.2 Å². The maximum atomic E-state index is 13.5. The molecule has 0 unspecified atom stereocenters. The molecule has 3 rings (SSSR count). The zero-order chi connectivity index (χ0) is 26.4. The first-order valence-corrected chi connectivity index (χ1v) is 12.4. The molecule has 0 radical (unpaired) electrons. The van der Waals surface area contributed by atoms with Crippen molar-refractivity contribution in [1.82, 2.24) is 10.2 Å². The highest BCUT2D eigenvalue weighted by molar-refractivity contribution is 8.45. The van der Waals surface area contributed by atoms with Crippen molar-refractivity contribution in [2.45, 2.75) is 18.4 Å². The van der Waals surface area contributed by atoms with Gasteiger partial charge in [0.15, 0.2) is 5.78 Å². The number of carbonyl (C=O) groups is 2. The number of ketones is 1. The van der Waals surface area contributed by atoms with Crippen LogP contribution in [0.1, 0.15) is 38.8 Å². The van der Waals surface area contributed by atoms with Gasteiger partial charge in [-0.3, -0.25) is 15.0 Å². The van der Waals surface area contributed by atoms with E-state index in [1.54, 1.807) is 13.0 Å². The molecule has 1 aliphatic heterocycles. The van der Waals surface area contributed by atoms with Crippen molar-refractivity contribution in [2.24, 2.45) is 0 Å². The summed E-state index contributed by atoms with van der Waals surface area (Å²) in [7, 11) is -5.87. The van der Waals surface area contributed by atoms with E-state index in [-0.39, 0.29) is 42.1 Å². The number of ether oxygens (including phenoxy) is 1. The lowest BCUT2D eigenvalue weighted by molar-refractivity contribution is 0.0953. The van der Waals surface area contributed by atoms with Gasteiger partial charge in [-0.05, 0) is 42.8 Å². The second-order valence-corrected chi connectivity index (χ2v) is 10.6. The monoisotopic (exact) mass is 520 g/mol. The fourth-order valence-electron chi connectivity index (χ4n) is 3.64. The number of amidine groups is 1. The van der Waals surface area contributed by atoms with E-state index in [1.165, 1.54) is 37.0 Å². The van der Waals surface area contributed by atoms with Crippen molar-refractivity contribution < 1.29 is 33.8 Å². The molecule has 1 amide bonds. The van der Waals surface area contributed by atoms with Crippen molar-refractivity contribution in [3.05, 3.63) is 52.6 Å². The maximum Gasteiger partial charge on any atom is 0.310 e. The van der Waals surface area contributed by atoms with E-state index in [0.717, 1.165) is 6.07 Å². The number of halogens is 5. The summed E-state index contributed by atoms with van der Waals surface area (Å²) in [6, 6.07) is 4.58. The summed E-state index contributed by atoms with van der Waals surface area (Å²) in [5.41, 5.74) is 0.355. The van der Waals surface area contributed by atoms with E-state index in [9.17, 15) is 29.0 Å². The fourth-order valence-corrected chi connectivity index (χ4v) is 4.33. The Labute approximate surface area is 199 Å². The second-order valence-electron chi connectivity index (χ2n) is 8.22. The Balaban J connectivity index is 1.95. The van der Waals surface area contributed by atoms with Crippen molar-refractivity contribution >= 4 is 33.4 Å². The van der Waals surface area contributed by atoms with Crippen molar-refractivity contribution in [1.29, 1.82) is 5.41 Å². The molecular weight excluding hydrogens is 495 g/mol. The minimum Gasteiger partial charge on any atom is -0.493 e. The fraction of sp³-hybridized carbons (Fsp3) is 0.318. The number of rotatable bonds is 8. The number of Topliss-reactive ketones (excluding diaryl/α,β-unsaturated/α-hetero) is 1. The predicted molar refractivity (Wildman–Crippen MR) is 125 cm³/mol. The van der Waals surface area contributed by atoms with Gasteiger partial charge in [-0.25, -0.2) is 0 Å². The molecule has 35 heavy (non-hydrogen) atoms. The molecule has 0 aliphatic carbocycles. The summed E-state index contributed by atoms with van der Waals surface area (Å²) in [5.74, 6) is -1.16. The molecule has 0 saturated heterocycles. The largest absolute Gasteiger partial charge is 0.493 e. The lowest BCUT2D eigenvalue weighted by Crippen LogP contribution is -2.30. The minimum absolute atomic E-state index is 0.0514. The Kier molecular flexibility index (Phi) is 6.08. The molecular formula is C22H25F5N4O3S.